The van der Waals surface area contributed by atoms with Gasteiger partial charge in [0.2, 0.25) is 0 Å². The lowest BCUT2D eigenvalue weighted by atomic mass is 10.1. The van der Waals surface area contributed by atoms with E-state index in [4.69, 9.17) is 13.9 Å². The molecule has 26 heavy (non-hydrogen) atoms. The summed E-state index contributed by atoms with van der Waals surface area (Å²) in [6, 6.07) is 13.2. The van der Waals surface area contributed by atoms with E-state index >= 15 is 0 Å². The highest BCUT2D eigenvalue weighted by molar-refractivity contribution is 5.94. The summed E-state index contributed by atoms with van der Waals surface area (Å²) in [5.74, 6) is -0.441. The van der Waals surface area contributed by atoms with Crippen molar-refractivity contribution in [1.29, 1.82) is 0 Å². The van der Waals surface area contributed by atoms with Crippen LogP contribution in [0.25, 0.3) is 11.0 Å². The number of Topliss-reactive ketones (excluding diaryl/α,β-unsaturated/α-hetero) is 1. The molecule has 3 aromatic rings. The summed E-state index contributed by atoms with van der Waals surface area (Å²) in [5.41, 5.74) is 0.439. The zero-order valence-corrected chi connectivity index (χ0v) is 14.3. The number of hydrogen-bond acceptors (Lipinski definition) is 6. The average molecular weight is 352 g/mol. The van der Waals surface area contributed by atoms with E-state index in [1.54, 1.807) is 42.5 Å². The second kappa shape index (κ2) is 7.23. The van der Waals surface area contributed by atoms with E-state index in [1.165, 1.54) is 20.1 Å². The Labute approximate surface area is 149 Å². The van der Waals surface area contributed by atoms with Gasteiger partial charge < -0.3 is 13.9 Å². The van der Waals surface area contributed by atoms with Crippen LogP contribution in [0.1, 0.15) is 33.2 Å². The molecule has 0 aliphatic heterocycles. The van der Waals surface area contributed by atoms with Gasteiger partial charge in [-0.3, -0.25) is 4.79 Å². The summed E-state index contributed by atoms with van der Waals surface area (Å²) >= 11 is 0. The summed E-state index contributed by atoms with van der Waals surface area (Å²) in [6.45, 7) is 1.30. The van der Waals surface area contributed by atoms with Crippen LogP contribution >= 0.6 is 0 Å². The Kier molecular flexibility index (Phi) is 4.84. The lowest BCUT2D eigenvalue weighted by molar-refractivity contribution is 0.0465. The van der Waals surface area contributed by atoms with Crippen LogP contribution in [0.4, 0.5) is 0 Å². The standard InChI is InChI=1S/C20H16O6/c1-12(21)13-7-8-17(24-2)15(9-13)11-25-19(22)16-10-14-5-3-4-6-18(14)26-20(16)23/h3-10H,11H2,1-2H3. The van der Waals surface area contributed by atoms with E-state index in [2.05, 4.69) is 0 Å². The molecule has 3 rings (SSSR count). The second-order valence-corrected chi connectivity index (χ2v) is 5.64. The van der Waals surface area contributed by atoms with Gasteiger partial charge in [-0.25, -0.2) is 9.59 Å². The van der Waals surface area contributed by atoms with Crippen LogP contribution in [-0.4, -0.2) is 18.9 Å². The molecule has 6 heteroatoms. The fraction of sp³-hybridized carbons (Fsp3) is 0.150. The SMILES string of the molecule is COc1ccc(C(C)=O)cc1COC(=O)c1cc2ccccc2oc1=O. The molecule has 0 saturated carbocycles. The average Bonchev–Trinajstić information content (AvgIpc) is 2.65. The van der Waals surface area contributed by atoms with Gasteiger partial charge in [-0.05, 0) is 37.3 Å². The molecule has 1 aromatic heterocycles. The quantitative estimate of drug-likeness (QED) is 0.398. The molecular formula is C20H16O6. The number of fused-ring (bicyclic) bond motifs is 1. The minimum Gasteiger partial charge on any atom is -0.496 e. The van der Waals surface area contributed by atoms with Crippen molar-refractivity contribution in [3.63, 3.8) is 0 Å². The topological polar surface area (TPSA) is 82.8 Å². The largest absolute Gasteiger partial charge is 0.496 e. The Hall–Kier alpha value is -3.41. The monoisotopic (exact) mass is 352 g/mol. The molecule has 132 valence electrons. The molecule has 6 nitrogen and oxygen atoms in total. The minimum absolute atomic E-state index is 0.115. The molecule has 0 amide bonds. The molecule has 0 fully saturated rings. The first-order valence-corrected chi connectivity index (χ1v) is 7.87. The van der Waals surface area contributed by atoms with Gasteiger partial charge in [-0.2, -0.15) is 0 Å². The highest BCUT2D eigenvalue weighted by Gasteiger charge is 2.16. The van der Waals surface area contributed by atoms with Crippen LogP contribution in [0.2, 0.25) is 0 Å². The highest BCUT2D eigenvalue weighted by Crippen LogP contribution is 2.22. The van der Waals surface area contributed by atoms with Gasteiger partial charge in [0.1, 0.15) is 23.5 Å². The maximum absolute atomic E-state index is 12.3. The Bertz CT molecular complexity index is 1050. The van der Waals surface area contributed by atoms with Gasteiger partial charge in [0, 0.05) is 16.5 Å². The molecule has 0 saturated heterocycles. The number of carbonyl (C=O) groups is 2. The fourth-order valence-corrected chi connectivity index (χ4v) is 2.54. The summed E-state index contributed by atoms with van der Waals surface area (Å²) in [5, 5.41) is 0.621. The molecule has 0 N–H and O–H groups in total. The third kappa shape index (κ3) is 3.49. The molecule has 0 bridgehead atoms. The van der Waals surface area contributed by atoms with E-state index in [1.807, 2.05) is 0 Å². The van der Waals surface area contributed by atoms with Gasteiger partial charge in [0.15, 0.2) is 5.78 Å². The molecule has 1 heterocycles. The molecular weight excluding hydrogens is 336 g/mol. The number of benzene rings is 2. The first-order valence-electron chi connectivity index (χ1n) is 7.87. The highest BCUT2D eigenvalue weighted by atomic mass is 16.5. The molecule has 2 aromatic carbocycles. The van der Waals surface area contributed by atoms with Crippen molar-refractivity contribution < 1.29 is 23.5 Å². The van der Waals surface area contributed by atoms with Gasteiger partial charge in [0.25, 0.3) is 0 Å². The van der Waals surface area contributed by atoms with E-state index in [-0.39, 0.29) is 18.0 Å². The van der Waals surface area contributed by atoms with Gasteiger partial charge in [0.05, 0.1) is 7.11 Å². The Morgan fingerprint density at radius 2 is 1.85 bits per heavy atom. The first-order chi connectivity index (χ1) is 12.5. The molecule has 0 unspecified atom stereocenters. The van der Waals surface area contributed by atoms with E-state index in [0.29, 0.717) is 27.8 Å². The number of ether oxygens (including phenoxy) is 2. The van der Waals surface area contributed by atoms with Crippen molar-refractivity contribution in [2.45, 2.75) is 13.5 Å². The zero-order valence-electron chi connectivity index (χ0n) is 14.3. The third-order valence-electron chi connectivity index (χ3n) is 3.91. The Morgan fingerprint density at radius 3 is 2.58 bits per heavy atom. The van der Waals surface area contributed by atoms with Crippen LogP contribution in [0.3, 0.4) is 0 Å². The smallest absolute Gasteiger partial charge is 0.351 e. The second-order valence-electron chi connectivity index (χ2n) is 5.64. The molecule has 0 atom stereocenters. The van der Waals surface area contributed by atoms with E-state index in [9.17, 15) is 14.4 Å². The lowest BCUT2D eigenvalue weighted by Crippen LogP contribution is -2.16. The van der Waals surface area contributed by atoms with Gasteiger partial charge in [-0.1, -0.05) is 18.2 Å². The van der Waals surface area contributed by atoms with Crippen molar-refractivity contribution in [3.05, 3.63) is 75.6 Å². The van der Waals surface area contributed by atoms with Crippen molar-refractivity contribution in [3.8, 4) is 5.75 Å². The summed E-state index contributed by atoms with van der Waals surface area (Å²) in [4.78, 5) is 35.9. The van der Waals surface area contributed by atoms with Gasteiger partial charge in [-0.15, -0.1) is 0 Å². The van der Waals surface area contributed by atoms with Crippen molar-refractivity contribution >= 4 is 22.7 Å². The van der Waals surface area contributed by atoms with Crippen LogP contribution in [0, 0.1) is 0 Å². The number of methoxy groups -OCH3 is 1. The molecule has 0 radical (unpaired) electrons. The third-order valence-corrected chi connectivity index (χ3v) is 3.91. The number of hydrogen-bond donors (Lipinski definition) is 0. The van der Waals surface area contributed by atoms with Gasteiger partial charge >= 0.3 is 11.6 Å². The summed E-state index contributed by atoms with van der Waals surface area (Å²) in [7, 11) is 1.48. The maximum Gasteiger partial charge on any atom is 0.351 e. The minimum atomic E-state index is -0.806. The number of carbonyl (C=O) groups excluding carboxylic acids is 2. The number of esters is 1. The summed E-state index contributed by atoms with van der Waals surface area (Å²) in [6.07, 6.45) is 0. The molecule has 0 aliphatic rings. The van der Waals surface area contributed by atoms with E-state index in [0.717, 1.165) is 0 Å². The van der Waals surface area contributed by atoms with Crippen molar-refractivity contribution in [1.82, 2.24) is 0 Å². The number of para-hydroxylation sites is 1. The molecule has 0 spiro atoms. The predicted octanol–water partition coefficient (Wildman–Crippen LogP) is 3.36. The Morgan fingerprint density at radius 1 is 1.08 bits per heavy atom. The number of rotatable bonds is 5. The number of ketones is 1. The fourth-order valence-electron chi connectivity index (χ4n) is 2.54. The van der Waals surface area contributed by atoms with Crippen molar-refractivity contribution in [2.75, 3.05) is 7.11 Å². The predicted molar refractivity (Wildman–Crippen MR) is 94.6 cm³/mol. The first kappa shape index (κ1) is 17.4. The molecule has 0 aliphatic carbocycles. The van der Waals surface area contributed by atoms with E-state index < -0.39 is 11.6 Å². The van der Waals surface area contributed by atoms with Crippen LogP contribution < -0.4 is 10.4 Å². The normalized spacial score (nSPS) is 10.5. The van der Waals surface area contributed by atoms with Crippen molar-refractivity contribution in [2.24, 2.45) is 0 Å². The zero-order chi connectivity index (χ0) is 18.7. The Balaban J connectivity index is 1.85. The van der Waals surface area contributed by atoms with Crippen LogP contribution in [0.15, 0.2) is 57.7 Å². The van der Waals surface area contributed by atoms with Crippen LogP contribution in [-0.2, 0) is 11.3 Å². The van der Waals surface area contributed by atoms with Crippen LogP contribution in [0.5, 0.6) is 5.75 Å². The maximum atomic E-state index is 12.3. The lowest BCUT2D eigenvalue weighted by Gasteiger charge is -2.10. The summed E-state index contributed by atoms with van der Waals surface area (Å²) < 4.78 is 15.6.